The number of rotatable bonds is 10. The first-order valence-corrected chi connectivity index (χ1v) is 21.1. The van der Waals surface area contributed by atoms with Gasteiger partial charge in [0.2, 0.25) is 20.0 Å². The van der Waals surface area contributed by atoms with Crippen LogP contribution in [0.15, 0.2) is 125 Å². The average molecular weight is 1030 g/mol. The Morgan fingerprint density at radius 3 is 1.13 bits per heavy atom. The smallest absolute Gasteiger partial charge is 0.871 e. The van der Waals surface area contributed by atoms with Gasteiger partial charge in [-0.15, -0.1) is 10.2 Å². The van der Waals surface area contributed by atoms with Gasteiger partial charge in [-0.3, -0.25) is 0 Å². The number of benzene rings is 6. The molecule has 0 amide bonds. The molecular weight excluding hydrogens is 1010 g/mol. The summed E-state index contributed by atoms with van der Waals surface area (Å²) in [5, 5.41) is 77.7. The van der Waals surface area contributed by atoms with Crippen molar-refractivity contribution in [2.75, 3.05) is 5.32 Å². The number of nitrogens with zero attached hydrogens (tertiary/aromatic N) is 4. The van der Waals surface area contributed by atoms with Crippen LogP contribution in [0.2, 0.25) is 0 Å². The summed E-state index contributed by atoms with van der Waals surface area (Å²) in [5.41, 5.74) is -2.92. The largest absolute Gasteiger partial charge is 2.00 e. The molecule has 0 saturated carbocycles. The number of primary sulfonamides is 2. The van der Waals surface area contributed by atoms with E-state index in [1.54, 1.807) is 0 Å². The molecule has 0 heterocycles. The third kappa shape index (κ3) is 12.0. The molecule has 0 aliphatic carbocycles. The second-order valence-corrected chi connectivity index (χ2v) is 17.6. The Kier molecular flexibility index (Phi) is 17.7. The molecule has 61 heavy (non-hydrogen) atoms. The standard InChI is InChI=1S/C32H25N7O14S4.2Cu.2Na/c33-54(44,45)19-3-7-25(40)23(13-19)36-38-29-27(56(48,49)50)11-15-9-17(1-5-21(15)31(29)42)35-18-2-6-22-16(10-18)12-28(57(51,52)53)30(32(22)43)39-37-24-14-20(55(34,46)47)4-8-26(24)41;;;;/h1-14,35,40-43H,(H2,33,44,45)(H2,34,46,47)(H,48,49,50)(H,51,52,53);;;;/q;2*+2;2*+1/p-6. The van der Waals surface area contributed by atoms with Crippen molar-refractivity contribution >= 4 is 96.0 Å². The van der Waals surface area contributed by atoms with E-state index in [1.807, 2.05) is 0 Å². The minimum atomic E-state index is -5.42. The minimum Gasteiger partial charge on any atom is -0.871 e. The maximum atomic E-state index is 13.4. The summed E-state index contributed by atoms with van der Waals surface area (Å²) in [4.78, 5) is -3.34. The fourth-order valence-electron chi connectivity index (χ4n) is 5.28. The van der Waals surface area contributed by atoms with Crippen molar-refractivity contribution in [3.05, 3.63) is 84.9 Å². The molecule has 29 heteroatoms. The van der Waals surface area contributed by atoms with Crippen LogP contribution in [-0.4, -0.2) is 42.8 Å². The summed E-state index contributed by atoms with van der Waals surface area (Å²) in [6.45, 7) is 0. The van der Waals surface area contributed by atoms with Crippen LogP contribution >= 0.6 is 0 Å². The minimum absolute atomic E-state index is 0. The van der Waals surface area contributed by atoms with Crippen molar-refractivity contribution in [1.29, 1.82) is 0 Å². The van der Waals surface area contributed by atoms with Gasteiger partial charge in [-0.2, -0.15) is 10.2 Å². The quantitative estimate of drug-likeness (QED) is 0.0668. The van der Waals surface area contributed by atoms with E-state index in [0.717, 1.165) is 48.5 Å². The van der Waals surface area contributed by atoms with Gasteiger partial charge in [0.15, 0.2) is 0 Å². The van der Waals surface area contributed by atoms with Gasteiger partial charge < -0.3 is 34.8 Å². The molecule has 6 aromatic carbocycles. The Morgan fingerprint density at radius 2 is 0.820 bits per heavy atom. The first-order chi connectivity index (χ1) is 26.4. The Bertz CT molecular complexity index is 3020. The van der Waals surface area contributed by atoms with Crippen molar-refractivity contribution in [2.24, 2.45) is 30.7 Å². The van der Waals surface area contributed by atoms with Gasteiger partial charge in [0.25, 0.3) is 0 Å². The number of hydrogen-bond donors (Lipinski definition) is 3. The molecule has 0 aliphatic heterocycles. The number of azo groups is 2. The van der Waals surface area contributed by atoms with E-state index in [-0.39, 0.29) is 126 Å². The van der Waals surface area contributed by atoms with Crippen molar-refractivity contribution < 1.29 is 156 Å². The zero-order chi connectivity index (χ0) is 41.8. The van der Waals surface area contributed by atoms with Crippen LogP contribution in [0.5, 0.6) is 23.0 Å². The van der Waals surface area contributed by atoms with E-state index >= 15 is 0 Å². The van der Waals surface area contributed by atoms with Crippen LogP contribution in [0.4, 0.5) is 34.1 Å². The summed E-state index contributed by atoms with van der Waals surface area (Å²) in [5.74, 6) is -3.96. The molecule has 21 nitrogen and oxygen atoms in total. The monoisotopic (exact) mass is 1020 g/mol. The van der Waals surface area contributed by atoms with Gasteiger partial charge in [0.1, 0.15) is 20.2 Å². The fraction of sp³-hybridized carbons (Fsp3) is 0. The fourth-order valence-corrected chi connectivity index (χ4v) is 7.63. The SMILES string of the molecule is NS(=O)(=O)c1ccc([O-])c(N=Nc2c(S(=O)(=O)[O-])cc3cc(Nc4ccc5c([O-])c(N=Nc6cc(S(N)(=O)=O)ccc6[O-])c(S(=O)(=O)[O-])cc5c4)ccc3c2[O-])c1.[Cu+2].[Cu+2].[Na+].[Na+]. The van der Waals surface area contributed by atoms with Crippen LogP contribution in [-0.2, 0) is 74.4 Å². The van der Waals surface area contributed by atoms with Crippen LogP contribution in [0.1, 0.15) is 0 Å². The normalized spacial score (nSPS) is 12.1. The van der Waals surface area contributed by atoms with E-state index in [1.165, 1.54) is 36.4 Å². The molecule has 2 radical (unpaired) electrons. The number of sulfonamides is 2. The average Bonchev–Trinajstić information content (AvgIpc) is 3.10. The number of anilines is 2. The zero-order valence-corrected chi connectivity index (χ0v) is 39.6. The Labute approximate surface area is 411 Å². The van der Waals surface area contributed by atoms with E-state index in [9.17, 15) is 63.2 Å². The second-order valence-electron chi connectivity index (χ2n) is 11.8. The van der Waals surface area contributed by atoms with Gasteiger partial charge in [0, 0.05) is 11.4 Å². The molecule has 6 rings (SSSR count). The van der Waals surface area contributed by atoms with E-state index in [2.05, 4.69) is 25.8 Å². The zero-order valence-electron chi connectivity index (χ0n) is 30.5. The Balaban J connectivity index is 0.00000320. The van der Waals surface area contributed by atoms with Crippen LogP contribution in [0.3, 0.4) is 0 Å². The number of nitrogens with two attached hydrogens (primary N) is 2. The van der Waals surface area contributed by atoms with Crippen molar-refractivity contribution in [1.82, 2.24) is 0 Å². The molecule has 6 aromatic rings. The summed E-state index contributed by atoms with van der Waals surface area (Å²) in [6, 6.07) is 14.0. The molecule has 0 aromatic heterocycles. The number of fused-ring (bicyclic) bond motifs is 2. The van der Waals surface area contributed by atoms with Crippen molar-refractivity contribution in [3.63, 3.8) is 0 Å². The molecule has 5 N–H and O–H groups in total. The molecule has 0 atom stereocenters. The maximum absolute atomic E-state index is 13.4. The number of nitrogens with one attached hydrogen (secondary N) is 1. The Morgan fingerprint density at radius 1 is 0.475 bits per heavy atom. The summed E-state index contributed by atoms with van der Waals surface area (Å²) in [6.07, 6.45) is 0. The first-order valence-electron chi connectivity index (χ1n) is 15.2. The van der Waals surface area contributed by atoms with Crippen molar-refractivity contribution in [2.45, 2.75) is 19.6 Å². The predicted molar refractivity (Wildman–Crippen MR) is 189 cm³/mol. The molecule has 0 aliphatic rings. The van der Waals surface area contributed by atoms with E-state index in [0.29, 0.717) is 0 Å². The van der Waals surface area contributed by atoms with Gasteiger partial charge >= 0.3 is 93.3 Å². The molecule has 0 spiro atoms. The second kappa shape index (κ2) is 20.0. The third-order valence-corrected chi connectivity index (χ3v) is 11.4. The topological polar surface area (TPSA) is 388 Å². The summed E-state index contributed by atoms with van der Waals surface area (Å²) < 4.78 is 120. The summed E-state index contributed by atoms with van der Waals surface area (Å²) in [7, 11) is -19.4. The van der Waals surface area contributed by atoms with E-state index in [4.69, 9.17) is 10.3 Å². The molecule has 314 valence electrons. The predicted octanol–water partition coefficient (Wildman–Crippen LogP) is -4.03. The molecule has 0 unspecified atom stereocenters. The van der Waals surface area contributed by atoms with Crippen LogP contribution < -0.4 is 95.1 Å². The molecule has 0 bridgehead atoms. The van der Waals surface area contributed by atoms with Gasteiger partial charge in [-0.05, 0) is 82.2 Å². The van der Waals surface area contributed by atoms with Gasteiger partial charge in [0.05, 0.1) is 42.3 Å². The molecular formula is C32H19Cu2N7Na2O14S4. The maximum Gasteiger partial charge on any atom is 2.00 e. The molecule has 0 saturated heterocycles. The number of hydrogen-bond acceptors (Lipinski definition) is 19. The van der Waals surface area contributed by atoms with Crippen LogP contribution in [0.25, 0.3) is 21.5 Å². The van der Waals surface area contributed by atoms with E-state index < -0.39 is 106 Å². The van der Waals surface area contributed by atoms with Crippen molar-refractivity contribution in [3.8, 4) is 23.0 Å². The van der Waals surface area contributed by atoms with Gasteiger partial charge in [-0.25, -0.2) is 43.9 Å². The first kappa shape index (κ1) is 53.9. The Hall–Kier alpha value is -3.28. The van der Waals surface area contributed by atoms with Gasteiger partial charge in [-0.1, -0.05) is 47.3 Å². The third-order valence-electron chi connectivity index (χ3n) is 7.92. The molecule has 0 fully saturated rings. The van der Waals surface area contributed by atoms with Crippen LogP contribution in [0, 0.1) is 0 Å². The summed E-state index contributed by atoms with van der Waals surface area (Å²) >= 11 is 0.